The predicted octanol–water partition coefficient (Wildman–Crippen LogP) is 2.38. The van der Waals surface area contributed by atoms with Crippen LogP contribution in [-0.2, 0) is 17.9 Å². The summed E-state index contributed by atoms with van der Waals surface area (Å²) >= 11 is 0. The van der Waals surface area contributed by atoms with Crippen molar-refractivity contribution < 1.29 is 9.53 Å². The first-order valence-corrected chi connectivity index (χ1v) is 8.66. The standard InChI is InChI=1S/C19H26N4O2/c1-14-11-15(2)23(20-14)8-7-19(24)22-9-10-25-18-6-5-17(21(3)4)12-16(18)13-22/h5-6,11-12H,7-10,13H2,1-4H3. The third-order valence-corrected chi connectivity index (χ3v) is 4.53. The molecule has 1 aromatic heterocycles. The summed E-state index contributed by atoms with van der Waals surface area (Å²) in [6, 6.07) is 8.17. The Morgan fingerprint density at radius 3 is 2.76 bits per heavy atom. The Bertz CT molecular complexity index is 767. The van der Waals surface area contributed by atoms with E-state index in [9.17, 15) is 4.79 Å². The number of benzene rings is 1. The van der Waals surface area contributed by atoms with E-state index in [4.69, 9.17) is 4.74 Å². The Morgan fingerprint density at radius 1 is 1.28 bits per heavy atom. The fourth-order valence-electron chi connectivity index (χ4n) is 3.13. The van der Waals surface area contributed by atoms with E-state index >= 15 is 0 Å². The summed E-state index contributed by atoms with van der Waals surface area (Å²) < 4.78 is 7.72. The van der Waals surface area contributed by atoms with Gasteiger partial charge in [0.05, 0.1) is 12.2 Å². The van der Waals surface area contributed by atoms with Crippen molar-refractivity contribution in [3.8, 4) is 5.75 Å². The van der Waals surface area contributed by atoms with Crippen molar-refractivity contribution in [3.05, 3.63) is 41.2 Å². The summed E-state index contributed by atoms with van der Waals surface area (Å²) in [4.78, 5) is 16.6. The molecule has 1 aliphatic rings. The van der Waals surface area contributed by atoms with Crippen LogP contribution in [0.15, 0.2) is 24.3 Å². The van der Waals surface area contributed by atoms with Crippen LogP contribution in [-0.4, -0.2) is 47.8 Å². The molecule has 1 aromatic carbocycles. The molecule has 0 bridgehead atoms. The van der Waals surface area contributed by atoms with Gasteiger partial charge in [0.15, 0.2) is 0 Å². The van der Waals surface area contributed by atoms with Crippen molar-refractivity contribution >= 4 is 11.6 Å². The number of amides is 1. The second kappa shape index (κ2) is 7.17. The molecule has 2 aromatic rings. The molecular weight excluding hydrogens is 316 g/mol. The van der Waals surface area contributed by atoms with E-state index in [1.807, 2.05) is 55.7 Å². The van der Waals surface area contributed by atoms with Crippen molar-refractivity contribution in [1.29, 1.82) is 0 Å². The molecule has 6 nitrogen and oxygen atoms in total. The molecule has 0 radical (unpaired) electrons. The van der Waals surface area contributed by atoms with Crippen LogP contribution in [0.1, 0.15) is 23.4 Å². The first kappa shape index (κ1) is 17.3. The van der Waals surface area contributed by atoms with Crippen LogP contribution in [0.2, 0.25) is 0 Å². The molecule has 1 amide bonds. The topological polar surface area (TPSA) is 50.6 Å². The van der Waals surface area contributed by atoms with E-state index in [2.05, 4.69) is 16.1 Å². The van der Waals surface area contributed by atoms with Gasteiger partial charge in [-0.15, -0.1) is 0 Å². The molecule has 0 atom stereocenters. The normalized spacial score (nSPS) is 13.8. The fourth-order valence-corrected chi connectivity index (χ4v) is 3.13. The Kier molecular flexibility index (Phi) is 4.97. The Morgan fingerprint density at radius 2 is 2.08 bits per heavy atom. The SMILES string of the molecule is Cc1cc(C)n(CCC(=O)N2CCOc3ccc(N(C)C)cc3C2)n1. The molecule has 1 aliphatic heterocycles. The summed E-state index contributed by atoms with van der Waals surface area (Å²) in [5, 5.41) is 4.43. The monoisotopic (exact) mass is 342 g/mol. The third kappa shape index (κ3) is 3.95. The lowest BCUT2D eigenvalue weighted by Crippen LogP contribution is -2.33. The maximum absolute atomic E-state index is 12.7. The van der Waals surface area contributed by atoms with Gasteiger partial charge in [0, 0.05) is 50.6 Å². The molecule has 0 spiro atoms. The van der Waals surface area contributed by atoms with Crippen LogP contribution in [0.3, 0.4) is 0 Å². The number of rotatable bonds is 4. The number of carbonyl (C=O) groups excluding carboxylic acids is 1. The average Bonchev–Trinajstić information content (AvgIpc) is 2.78. The zero-order valence-corrected chi connectivity index (χ0v) is 15.5. The van der Waals surface area contributed by atoms with Crippen LogP contribution >= 0.6 is 0 Å². The minimum absolute atomic E-state index is 0.138. The second-order valence-electron chi connectivity index (χ2n) is 6.75. The average molecular weight is 342 g/mol. The highest BCUT2D eigenvalue weighted by Gasteiger charge is 2.20. The van der Waals surface area contributed by atoms with Crippen molar-refractivity contribution in [1.82, 2.24) is 14.7 Å². The van der Waals surface area contributed by atoms with Gasteiger partial charge < -0.3 is 14.5 Å². The van der Waals surface area contributed by atoms with Crippen molar-refractivity contribution in [3.63, 3.8) is 0 Å². The summed E-state index contributed by atoms with van der Waals surface area (Å²) in [5.74, 6) is 1.01. The predicted molar refractivity (Wildman–Crippen MR) is 98.0 cm³/mol. The number of aromatic nitrogens is 2. The number of hydrogen-bond acceptors (Lipinski definition) is 4. The van der Waals surface area contributed by atoms with Crippen LogP contribution in [0.4, 0.5) is 5.69 Å². The highest BCUT2D eigenvalue weighted by molar-refractivity contribution is 5.76. The maximum atomic E-state index is 12.7. The zero-order valence-electron chi connectivity index (χ0n) is 15.5. The molecule has 134 valence electrons. The summed E-state index contributed by atoms with van der Waals surface area (Å²) in [6.45, 7) is 6.33. The molecule has 0 saturated heterocycles. The van der Waals surface area contributed by atoms with Crippen LogP contribution in [0.5, 0.6) is 5.75 Å². The quantitative estimate of drug-likeness (QED) is 0.856. The van der Waals surface area contributed by atoms with Gasteiger partial charge in [-0.1, -0.05) is 0 Å². The van der Waals surface area contributed by atoms with Gasteiger partial charge in [0.1, 0.15) is 12.4 Å². The van der Waals surface area contributed by atoms with Crippen LogP contribution < -0.4 is 9.64 Å². The third-order valence-electron chi connectivity index (χ3n) is 4.53. The van der Waals surface area contributed by atoms with E-state index in [1.54, 1.807) is 0 Å². The van der Waals surface area contributed by atoms with Gasteiger partial charge >= 0.3 is 0 Å². The number of fused-ring (bicyclic) bond motifs is 1. The highest BCUT2D eigenvalue weighted by Crippen LogP contribution is 2.27. The number of nitrogens with zero attached hydrogens (tertiary/aromatic N) is 4. The lowest BCUT2D eigenvalue weighted by atomic mass is 10.1. The van der Waals surface area contributed by atoms with E-state index in [0.29, 0.717) is 32.7 Å². The molecule has 3 rings (SSSR count). The molecule has 25 heavy (non-hydrogen) atoms. The Hall–Kier alpha value is -2.50. The van der Waals surface area contributed by atoms with E-state index < -0.39 is 0 Å². The molecule has 2 heterocycles. The van der Waals surface area contributed by atoms with Crippen LogP contribution in [0, 0.1) is 13.8 Å². The number of aryl methyl sites for hydroxylation is 3. The van der Waals surface area contributed by atoms with Crippen molar-refractivity contribution in [2.75, 3.05) is 32.1 Å². The second-order valence-corrected chi connectivity index (χ2v) is 6.75. The number of carbonyl (C=O) groups is 1. The van der Waals surface area contributed by atoms with Gasteiger partial charge in [-0.05, 0) is 38.1 Å². The number of anilines is 1. The molecule has 6 heteroatoms. The Labute approximate surface area is 149 Å². The molecule has 0 fully saturated rings. The van der Waals surface area contributed by atoms with E-state index in [1.165, 1.54) is 0 Å². The number of ether oxygens (including phenoxy) is 1. The van der Waals surface area contributed by atoms with Gasteiger partial charge in [-0.3, -0.25) is 9.48 Å². The molecule has 0 unspecified atom stereocenters. The van der Waals surface area contributed by atoms with Crippen molar-refractivity contribution in [2.24, 2.45) is 0 Å². The van der Waals surface area contributed by atoms with E-state index in [0.717, 1.165) is 28.4 Å². The number of hydrogen-bond donors (Lipinski definition) is 0. The van der Waals surface area contributed by atoms with Gasteiger partial charge in [0.25, 0.3) is 0 Å². The van der Waals surface area contributed by atoms with Crippen LogP contribution in [0.25, 0.3) is 0 Å². The maximum Gasteiger partial charge on any atom is 0.224 e. The summed E-state index contributed by atoms with van der Waals surface area (Å²) in [5.41, 5.74) is 4.24. The minimum Gasteiger partial charge on any atom is -0.491 e. The Balaban J connectivity index is 1.69. The highest BCUT2D eigenvalue weighted by atomic mass is 16.5. The summed E-state index contributed by atoms with van der Waals surface area (Å²) in [7, 11) is 4.02. The lowest BCUT2D eigenvalue weighted by Gasteiger charge is -2.21. The lowest BCUT2D eigenvalue weighted by molar-refractivity contribution is -0.132. The zero-order chi connectivity index (χ0) is 18.0. The summed E-state index contributed by atoms with van der Waals surface area (Å²) in [6.07, 6.45) is 0.449. The molecular formula is C19H26N4O2. The largest absolute Gasteiger partial charge is 0.491 e. The van der Waals surface area contributed by atoms with Gasteiger partial charge in [0.2, 0.25) is 5.91 Å². The first-order chi connectivity index (χ1) is 11.9. The van der Waals surface area contributed by atoms with Gasteiger partial charge in [-0.2, -0.15) is 5.10 Å². The smallest absolute Gasteiger partial charge is 0.224 e. The first-order valence-electron chi connectivity index (χ1n) is 8.66. The fraction of sp³-hybridized carbons (Fsp3) is 0.474. The molecule has 0 saturated carbocycles. The minimum atomic E-state index is 0.138. The van der Waals surface area contributed by atoms with Crippen molar-refractivity contribution in [2.45, 2.75) is 33.4 Å². The molecule has 0 N–H and O–H groups in total. The van der Waals surface area contributed by atoms with Gasteiger partial charge in [-0.25, -0.2) is 0 Å². The molecule has 0 aliphatic carbocycles. The van der Waals surface area contributed by atoms with E-state index in [-0.39, 0.29) is 5.91 Å².